The van der Waals surface area contributed by atoms with Crippen LogP contribution in [0.1, 0.15) is 23.2 Å². The Bertz CT molecular complexity index is 894. The van der Waals surface area contributed by atoms with E-state index in [4.69, 9.17) is 14.7 Å². The van der Waals surface area contributed by atoms with E-state index in [-0.39, 0.29) is 36.5 Å². The first kappa shape index (κ1) is 20.7. The number of carbonyl (C=O) groups is 2. The van der Waals surface area contributed by atoms with Crippen LogP contribution in [0, 0.1) is 20.8 Å². The van der Waals surface area contributed by atoms with Crippen molar-refractivity contribution in [2.24, 2.45) is 0 Å². The standard InChI is InChI=1S/C18H14N2O7S/c19-12-28-14-9-7-13(8-10-14)26-18(22)15-4-1-2-5-16(15)27-17(21)6-3-11-25-20(23)24/h1-2,4-5,7-10H,3,6,11H2. The van der Waals surface area contributed by atoms with Crippen LogP contribution in [0.3, 0.4) is 0 Å². The molecule has 0 atom stereocenters. The fourth-order valence-corrected chi connectivity index (χ4v) is 2.42. The molecule has 0 aliphatic heterocycles. The fourth-order valence-electron chi connectivity index (χ4n) is 2.04. The van der Waals surface area contributed by atoms with E-state index >= 15 is 0 Å². The predicted molar refractivity (Wildman–Crippen MR) is 97.1 cm³/mol. The molecule has 144 valence electrons. The van der Waals surface area contributed by atoms with Crippen LogP contribution < -0.4 is 9.47 Å². The van der Waals surface area contributed by atoms with Gasteiger partial charge in [0.15, 0.2) is 0 Å². The van der Waals surface area contributed by atoms with Gasteiger partial charge in [0.2, 0.25) is 0 Å². The zero-order valence-electron chi connectivity index (χ0n) is 14.4. The van der Waals surface area contributed by atoms with Crippen molar-refractivity contribution in [3.8, 4) is 16.9 Å². The van der Waals surface area contributed by atoms with Gasteiger partial charge in [-0.3, -0.25) is 4.79 Å². The molecule has 2 rings (SSSR count). The van der Waals surface area contributed by atoms with Gasteiger partial charge in [-0.1, -0.05) is 12.1 Å². The van der Waals surface area contributed by atoms with Gasteiger partial charge in [-0.15, -0.1) is 10.1 Å². The van der Waals surface area contributed by atoms with Crippen molar-refractivity contribution in [2.75, 3.05) is 6.61 Å². The van der Waals surface area contributed by atoms with Crippen molar-refractivity contribution in [1.29, 1.82) is 5.26 Å². The number of thioether (sulfide) groups is 1. The summed E-state index contributed by atoms with van der Waals surface area (Å²) in [7, 11) is 0. The molecule has 2 aromatic carbocycles. The number of hydrogen-bond acceptors (Lipinski definition) is 9. The minimum Gasteiger partial charge on any atom is -0.426 e. The van der Waals surface area contributed by atoms with Crippen LogP contribution in [0.4, 0.5) is 0 Å². The Kier molecular flexibility index (Phi) is 7.80. The Hall–Kier alpha value is -3.58. The molecule has 0 aliphatic carbocycles. The molecule has 0 saturated carbocycles. The molecule has 0 aliphatic rings. The number of nitrogens with zero attached hydrogens (tertiary/aromatic N) is 2. The molecule has 10 heteroatoms. The van der Waals surface area contributed by atoms with E-state index in [0.29, 0.717) is 4.90 Å². The number of rotatable bonds is 9. The summed E-state index contributed by atoms with van der Waals surface area (Å²) in [6.07, 6.45) is -0.0191. The number of hydrogen-bond donors (Lipinski definition) is 0. The minimum absolute atomic E-state index is 0.0179. The largest absolute Gasteiger partial charge is 0.426 e. The van der Waals surface area contributed by atoms with Crippen molar-refractivity contribution in [2.45, 2.75) is 17.7 Å². The van der Waals surface area contributed by atoms with E-state index in [2.05, 4.69) is 4.84 Å². The van der Waals surface area contributed by atoms with Crippen molar-refractivity contribution in [3.05, 3.63) is 64.2 Å². The Morgan fingerprint density at radius 1 is 1.11 bits per heavy atom. The summed E-state index contributed by atoms with van der Waals surface area (Å²) < 4.78 is 10.4. The number of esters is 2. The fraction of sp³-hybridized carbons (Fsp3) is 0.167. The monoisotopic (exact) mass is 402 g/mol. The molecule has 28 heavy (non-hydrogen) atoms. The lowest BCUT2D eigenvalue weighted by atomic mass is 10.2. The predicted octanol–water partition coefficient (Wildman–Crippen LogP) is 3.37. The highest BCUT2D eigenvalue weighted by atomic mass is 32.2. The first-order chi connectivity index (χ1) is 13.5. The lowest BCUT2D eigenvalue weighted by Gasteiger charge is -2.10. The third-order valence-electron chi connectivity index (χ3n) is 3.25. The van der Waals surface area contributed by atoms with E-state index < -0.39 is 17.0 Å². The minimum atomic E-state index is -0.942. The lowest BCUT2D eigenvalue weighted by molar-refractivity contribution is -0.757. The van der Waals surface area contributed by atoms with Crippen LogP contribution in [-0.4, -0.2) is 23.6 Å². The van der Waals surface area contributed by atoms with Crippen LogP contribution >= 0.6 is 11.8 Å². The molecule has 0 spiro atoms. The third-order valence-corrected chi connectivity index (χ3v) is 3.85. The molecule has 0 radical (unpaired) electrons. The lowest BCUT2D eigenvalue weighted by Crippen LogP contribution is -2.15. The number of para-hydroxylation sites is 1. The highest BCUT2D eigenvalue weighted by Crippen LogP contribution is 2.24. The molecule has 2 aromatic rings. The second-order valence-electron chi connectivity index (χ2n) is 5.18. The van der Waals surface area contributed by atoms with Gasteiger partial charge in [0.25, 0.3) is 5.09 Å². The molecule has 0 N–H and O–H groups in total. The first-order valence-corrected chi connectivity index (χ1v) is 8.76. The molecule has 0 fully saturated rings. The molecule has 0 aromatic heterocycles. The van der Waals surface area contributed by atoms with Crippen molar-refractivity contribution >= 4 is 23.7 Å². The Labute approximate surface area is 163 Å². The van der Waals surface area contributed by atoms with Crippen LogP contribution in [0.15, 0.2) is 53.4 Å². The average Bonchev–Trinajstić information content (AvgIpc) is 2.67. The second-order valence-corrected chi connectivity index (χ2v) is 6.04. The number of nitriles is 1. The molecule has 0 heterocycles. The molecule has 0 unspecified atom stereocenters. The van der Waals surface area contributed by atoms with Crippen LogP contribution in [-0.2, 0) is 9.63 Å². The summed E-state index contributed by atoms with van der Waals surface area (Å²) in [6.45, 7) is -0.230. The smallest absolute Gasteiger partial charge is 0.347 e. The van der Waals surface area contributed by atoms with Crippen LogP contribution in [0.25, 0.3) is 0 Å². The van der Waals surface area contributed by atoms with E-state index in [1.807, 2.05) is 5.40 Å². The van der Waals surface area contributed by atoms with Gasteiger partial charge in [-0.05, 0) is 54.6 Å². The normalized spacial score (nSPS) is 9.82. The van der Waals surface area contributed by atoms with Gasteiger partial charge in [-0.25, -0.2) is 4.79 Å². The van der Waals surface area contributed by atoms with Gasteiger partial charge in [-0.2, -0.15) is 5.26 Å². The number of ether oxygens (including phenoxy) is 2. The van der Waals surface area contributed by atoms with Gasteiger partial charge in [0.05, 0.1) is 6.61 Å². The van der Waals surface area contributed by atoms with Crippen molar-refractivity contribution < 1.29 is 29.0 Å². The number of benzene rings is 2. The van der Waals surface area contributed by atoms with Gasteiger partial charge >= 0.3 is 11.9 Å². The summed E-state index contributed by atoms with van der Waals surface area (Å²) in [6, 6.07) is 12.4. The molecule has 0 saturated heterocycles. The van der Waals surface area contributed by atoms with Gasteiger partial charge < -0.3 is 14.3 Å². The summed E-state index contributed by atoms with van der Waals surface area (Å²) in [5, 5.41) is 19.7. The topological polar surface area (TPSA) is 129 Å². The van der Waals surface area contributed by atoms with E-state index in [1.54, 1.807) is 36.4 Å². The van der Waals surface area contributed by atoms with Crippen LogP contribution in [0.2, 0.25) is 0 Å². The molecule has 0 bridgehead atoms. The highest BCUT2D eigenvalue weighted by molar-refractivity contribution is 8.03. The summed E-state index contributed by atoms with van der Waals surface area (Å²) in [4.78, 5) is 39.1. The average molecular weight is 402 g/mol. The maximum Gasteiger partial charge on any atom is 0.347 e. The zero-order chi connectivity index (χ0) is 20.4. The Morgan fingerprint density at radius 3 is 2.50 bits per heavy atom. The van der Waals surface area contributed by atoms with E-state index in [0.717, 1.165) is 11.8 Å². The van der Waals surface area contributed by atoms with Crippen molar-refractivity contribution in [3.63, 3.8) is 0 Å². The number of carbonyl (C=O) groups excluding carboxylic acids is 2. The van der Waals surface area contributed by atoms with E-state index in [1.165, 1.54) is 12.1 Å². The zero-order valence-corrected chi connectivity index (χ0v) is 15.2. The summed E-state index contributed by atoms with van der Waals surface area (Å²) in [5.41, 5.74) is 0.0490. The molecule has 0 amide bonds. The summed E-state index contributed by atoms with van der Waals surface area (Å²) in [5.74, 6) is -1.10. The molecule has 9 nitrogen and oxygen atoms in total. The van der Waals surface area contributed by atoms with Crippen LogP contribution in [0.5, 0.6) is 11.5 Å². The quantitative estimate of drug-likeness (QED) is 0.118. The van der Waals surface area contributed by atoms with Gasteiger partial charge in [0, 0.05) is 11.3 Å². The highest BCUT2D eigenvalue weighted by Gasteiger charge is 2.17. The molecular weight excluding hydrogens is 388 g/mol. The van der Waals surface area contributed by atoms with Crippen molar-refractivity contribution in [1.82, 2.24) is 0 Å². The SMILES string of the molecule is N#CSc1ccc(OC(=O)c2ccccc2OC(=O)CCCO[N+](=O)[O-])cc1. The van der Waals surface area contributed by atoms with Gasteiger partial charge in [0.1, 0.15) is 22.5 Å². The first-order valence-electron chi connectivity index (χ1n) is 7.95. The summed E-state index contributed by atoms with van der Waals surface area (Å²) >= 11 is 0.979. The third kappa shape index (κ3) is 6.62. The number of thiocyanates is 1. The Balaban J connectivity index is 1.98. The maximum atomic E-state index is 12.4. The van der Waals surface area contributed by atoms with E-state index in [9.17, 15) is 19.7 Å². The maximum absolute atomic E-state index is 12.4. The second kappa shape index (κ2) is 10.5. The molecular formula is C18H14N2O7S. The Morgan fingerprint density at radius 2 is 1.82 bits per heavy atom.